The number of benzene rings is 1. The Morgan fingerprint density at radius 1 is 1.20 bits per heavy atom. The maximum Gasteiger partial charge on any atom is 0.163 e. The molecule has 0 atom stereocenters. The van der Waals surface area contributed by atoms with Crippen molar-refractivity contribution in [1.29, 1.82) is 0 Å². The lowest BCUT2D eigenvalue weighted by molar-refractivity contribution is 0.628. The van der Waals surface area contributed by atoms with Gasteiger partial charge in [0.1, 0.15) is 16.5 Å². The summed E-state index contributed by atoms with van der Waals surface area (Å²) in [5, 5.41) is 4.31. The predicted molar refractivity (Wildman–Crippen MR) is 81.7 cm³/mol. The first-order chi connectivity index (χ1) is 9.67. The van der Waals surface area contributed by atoms with Crippen LogP contribution in [0.4, 0.5) is 10.2 Å². The molecule has 3 nitrogen and oxygen atoms in total. The van der Waals surface area contributed by atoms with E-state index in [1.165, 1.54) is 17.0 Å². The van der Waals surface area contributed by atoms with Crippen LogP contribution in [0.15, 0.2) is 30.3 Å². The molecule has 0 aliphatic carbocycles. The van der Waals surface area contributed by atoms with Crippen molar-refractivity contribution in [2.24, 2.45) is 0 Å². The van der Waals surface area contributed by atoms with E-state index in [0.717, 1.165) is 28.1 Å². The zero-order valence-electron chi connectivity index (χ0n) is 11.3. The van der Waals surface area contributed by atoms with Crippen molar-refractivity contribution in [3.63, 3.8) is 0 Å². The van der Waals surface area contributed by atoms with E-state index in [2.05, 4.69) is 28.3 Å². The van der Waals surface area contributed by atoms with E-state index in [0.29, 0.717) is 5.82 Å². The zero-order valence-corrected chi connectivity index (χ0v) is 12.1. The maximum atomic E-state index is 13.0. The van der Waals surface area contributed by atoms with Crippen LogP contribution >= 0.6 is 11.3 Å². The fourth-order valence-electron chi connectivity index (χ4n) is 2.07. The van der Waals surface area contributed by atoms with E-state index in [9.17, 15) is 4.39 Å². The fraction of sp³-hybridized carbons (Fsp3) is 0.200. The van der Waals surface area contributed by atoms with Crippen molar-refractivity contribution in [2.75, 3.05) is 11.9 Å². The number of thiophene rings is 1. The van der Waals surface area contributed by atoms with Crippen molar-refractivity contribution in [3.05, 3.63) is 41.0 Å². The van der Waals surface area contributed by atoms with Gasteiger partial charge in [0.05, 0.1) is 5.39 Å². The van der Waals surface area contributed by atoms with Gasteiger partial charge in [0.25, 0.3) is 0 Å². The van der Waals surface area contributed by atoms with E-state index in [-0.39, 0.29) is 5.82 Å². The van der Waals surface area contributed by atoms with Gasteiger partial charge in [0.2, 0.25) is 0 Å². The first kappa shape index (κ1) is 13.0. The number of nitrogens with one attached hydrogen (secondary N) is 1. The first-order valence-electron chi connectivity index (χ1n) is 6.45. The van der Waals surface area contributed by atoms with Gasteiger partial charge >= 0.3 is 0 Å². The Bertz CT molecular complexity index is 750. The molecule has 0 amide bonds. The Hall–Kier alpha value is -2.01. The van der Waals surface area contributed by atoms with Gasteiger partial charge in [-0.3, -0.25) is 0 Å². The van der Waals surface area contributed by atoms with Gasteiger partial charge < -0.3 is 5.32 Å². The minimum Gasteiger partial charge on any atom is -0.370 e. The zero-order chi connectivity index (χ0) is 14.1. The molecule has 3 rings (SSSR count). The summed E-state index contributed by atoms with van der Waals surface area (Å²) in [5.74, 6) is 1.20. The highest BCUT2D eigenvalue weighted by Crippen LogP contribution is 2.30. The molecular formula is C15H14FN3S. The highest BCUT2D eigenvalue weighted by atomic mass is 32.1. The number of fused-ring (bicyclic) bond motifs is 1. The molecule has 102 valence electrons. The number of nitrogens with zero attached hydrogens (tertiary/aromatic N) is 2. The van der Waals surface area contributed by atoms with Gasteiger partial charge in [0, 0.05) is 17.0 Å². The largest absolute Gasteiger partial charge is 0.370 e. The second kappa shape index (κ2) is 5.17. The second-order valence-electron chi connectivity index (χ2n) is 4.51. The highest BCUT2D eigenvalue weighted by Gasteiger charge is 2.11. The summed E-state index contributed by atoms with van der Waals surface area (Å²) in [5.41, 5.74) is 0.818. The lowest BCUT2D eigenvalue weighted by Gasteiger charge is -2.07. The molecule has 0 aliphatic rings. The molecule has 2 aromatic heterocycles. The summed E-state index contributed by atoms with van der Waals surface area (Å²) >= 11 is 1.64. The SMILES string of the molecule is CCNc1nc(-c2ccc(F)cc2)nc2sc(C)cc12. The Morgan fingerprint density at radius 2 is 1.95 bits per heavy atom. The van der Waals surface area contributed by atoms with Crippen molar-refractivity contribution in [2.45, 2.75) is 13.8 Å². The minimum absolute atomic E-state index is 0.256. The van der Waals surface area contributed by atoms with Crippen LogP contribution in [0.1, 0.15) is 11.8 Å². The number of halogens is 1. The smallest absolute Gasteiger partial charge is 0.163 e. The number of hydrogen-bond acceptors (Lipinski definition) is 4. The van der Waals surface area contributed by atoms with Gasteiger partial charge in [-0.2, -0.15) is 0 Å². The Balaban J connectivity index is 2.18. The molecule has 0 aliphatic heterocycles. The molecule has 2 heterocycles. The number of aryl methyl sites for hydroxylation is 1. The second-order valence-corrected chi connectivity index (χ2v) is 5.74. The summed E-state index contributed by atoms with van der Waals surface area (Å²) < 4.78 is 13.0. The van der Waals surface area contributed by atoms with Gasteiger partial charge in [-0.15, -0.1) is 11.3 Å². The average molecular weight is 287 g/mol. The lowest BCUT2D eigenvalue weighted by Crippen LogP contribution is -2.01. The molecule has 3 aromatic rings. The Kier molecular flexibility index (Phi) is 3.36. The van der Waals surface area contributed by atoms with Crippen molar-refractivity contribution in [3.8, 4) is 11.4 Å². The summed E-state index contributed by atoms with van der Waals surface area (Å²) in [6, 6.07) is 8.34. The van der Waals surface area contributed by atoms with E-state index in [1.54, 1.807) is 23.5 Å². The monoisotopic (exact) mass is 287 g/mol. The van der Waals surface area contributed by atoms with Crippen LogP contribution in [0, 0.1) is 12.7 Å². The molecule has 0 bridgehead atoms. The summed E-state index contributed by atoms with van der Waals surface area (Å²) in [6.07, 6.45) is 0. The van der Waals surface area contributed by atoms with Gasteiger partial charge in [0.15, 0.2) is 5.82 Å². The molecule has 0 saturated heterocycles. The van der Waals surface area contributed by atoms with Crippen LogP contribution < -0.4 is 5.32 Å². The molecule has 1 aromatic carbocycles. The minimum atomic E-state index is -0.256. The van der Waals surface area contributed by atoms with Crippen molar-refractivity contribution >= 4 is 27.4 Å². The standard InChI is InChI=1S/C15H14FN3S/c1-3-17-14-12-8-9(2)20-15(12)19-13(18-14)10-4-6-11(16)7-5-10/h4-8H,3H2,1-2H3,(H,17,18,19). The molecule has 1 N–H and O–H groups in total. The molecule has 0 saturated carbocycles. The van der Waals surface area contributed by atoms with Crippen LogP contribution in [0.2, 0.25) is 0 Å². The number of anilines is 1. The summed E-state index contributed by atoms with van der Waals surface area (Å²) in [6.45, 7) is 4.88. The van der Waals surface area contributed by atoms with Crippen molar-refractivity contribution in [1.82, 2.24) is 9.97 Å². The van der Waals surface area contributed by atoms with Crippen LogP contribution in [-0.4, -0.2) is 16.5 Å². The molecule has 0 radical (unpaired) electrons. The van der Waals surface area contributed by atoms with Gasteiger partial charge in [-0.25, -0.2) is 14.4 Å². The lowest BCUT2D eigenvalue weighted by atomic mass is 10.2. The first-order valence-corrected chi connectivity index (χ1v) is 7.27. The highest BCUT2D eigenvalue weighted by molar-refractivity contribution is 7.18. The predicted octanol–water partition coefficient (Wildman–Crippen LogP) is 4.24. The third kappa shape index (κ3) is 2.36. The number of aromatic nitrogens is 2. The van der Waals surface area contributed by atoms with E-state index in [4.69, 9.17) is 0 Å². The number of hydrogen-bond donors (Lipinski definition) is 1. The normalized spacial score (nSPS) is 10.9. The van der Waals surface area contributed by atoms with Crippen LogP contribution in [-0.2, 0) is 0 Å². The third-order valence-corrected chi connectivity index (χ3v) is 3.91. The quantitative estimate of drug-likeness (QED) is 0.783. The molecule has 20 heavy (non-hydrogen) atoms. The van der Waals surface area contributed by atoms with Crippen LogP contribution in [0.25, 0.3) is 21.6 Å². The summed E-state index contributed by atoms with van der Waals surface area (Å²) in [7, 11) is 0. The average Bonchev–Trinajstić information content (AvgIpc) is 2.80. The molecule has 0 fully saturated rings. The third-order valence-electron chi connectivity index (χ3n) is 2.96. The van der Waals surface area contributed by atoms with E-state index < -0.39 is 0 Å². The van der Waals surface area contributed by atoms with Crippen LogP contribution in [0.5, 0.6) is 0 Å². The molecule has 0 unspecified atom stereocenters. The topological polar surface area (TPSA) is 37.8 Å². The van der Waals surface area contributed by atoms with Crippen LogP contribution in [0.3, 0.4) is 0 Å². The number of rotatable bonds is 3. The maximum absolute atomic E-state index is 13.0. The Labute approximate surface area is 120 Å². The van der Waals surface area contributed by atoms with E-state index >= 15 is 0 Å². The molecule has 5 heteroatoms. The fourth-order valence-corrected chi connectivity index (χ4v) is 2.95. The van der Waals surface area contributed by atoms with E-state index in [1.807, 2.05) is 6.92 Å². The van der Waals surface area contributed by atoms with Crippen molar-refractivity contribution < 1.29 is 4.39 Å². The molecule has 0 spiro atoms. The van der Waals surface area contributed by atoms with Gasteiger partial charge in [-0.1, -0.05) is 0 Å². The summed E-state index contributed by atoms with van der Waals surface area (Å²) in [4.78, 5) is 11.3. The molecular weight excluding hydrogens is 273 g/mol. The Morgan fingerprint density at radius 3 is 2.65 bits per heavy atom. The van der Waals surface area contributed by atoms with Gasteiger partial charge in [-0.05, 0) is 44.2 Å².